The molecule has 1 aliphatic carbocycles. The van der Waals surface area contributed by atoms with Crippen LogP contribution in [0.2, 0.25) is 0 Å². The summed E-state index contributed by atoms with van der Waals surface area (Å²) in [6, 6.07) is 0.283. The van der Waals surface area contributed by atoms with Gasteiger partial charge in [-0.1, -0.05) is 25.7 Å². The van der Waals surface area contributed by atoms with Gasteiger partial charge in [-0.25, -0.2) is 0 Å². The average molecular weight is 346 g/mol. The molecule has 2 nitrogen and oxygen atoms in total. The molecule has 0 saturated heterocycles. The summed E-state index contributed by atoms with van der Waals surface area (Å²) in [7, 11) is 2.06. The van der Waals surface area contributed by atoms with Crippen molar-refractivity contribution in [3.63, 3.8) is 0 Å². The highest BCUT2D eigenvalue weighted by molar-refractivity contribution is 9.10. The summed E-state index contributed by atoms with van der Waals surface area (Å²) in [4.78, 5) is 0. The Morgan fingerprint density at radius 1 is 1.32 bits per heavy atom. The van der Waals surface area contributed by atoms with Gasteiger partial charge in [-0.05, 0) is 53.7 Å². The molecule has 108 valence electrons. The van der Waals surface area contributed by atoms with Crippen molar-refractivity contribution in [3.8, 4) is 0 Å². The molecule has 1 heterocycles. The molecule has 4 heteroatoms. The Bertz CT molecular complexity index is 385. The van der Waals surface area contributed by atoms with Crippen LogP contribution in [0, 0.1) is 0 Å². The number of thiophene rings is 1. The summed E-state index contributed by atoms with van der Waals surface area (Å²) in [5.41, 5.74) is 1.31. The number of nitrogens with one attached hydrogen (secondary N) is 1. The predicted molar refractivity (Wildman–Crippen MR) is 85.9 cm³/mol. The number of halogens is 1. The second-order valence-electron chi connectivity index (χ2n) is 5.31. The molecule has 1 atom stereocenters. The summed E-state index contributed by atoms with van der Waals surface area (Å²) in [5.74, 6) is 0. The maximum atomic E-state index is 6.30. The van der Waals surface area contributed by atoms with Gasteiger partial charge in [0, 0.05) is 16.5 Å². The quantitative estimate of drug-likeness (QED) is 0.766. The number of hydrogen-bond donors (Lipinski definition) is 1. The fraction of sp³-hybridized carbons (Fsp3) is 0.733. The number of likely N-dealkylation sites (N-methyl/N-ethyl adjacent to an activating group) is 1. The van der Waals surface area contributed by atoms with E-state index in [4.69, 9.17) is 4.74 Å². The van der Waals surface area contributed by atoms with Crippen molar-refractivity contribution in [2.45, 2.75) is 57.1 Å². The standard InChI is InChI=1S/C15H24BrNOS/c1-3-18-15(8-6-4-5-7-9-15)14(17-2)12-10-19-11-13(12)16/h10-11,14,17H,3-9H2,1-2H3. The van der Waals surface area contributed by atoms with Crippen LogP contribution in [0.3, 0.4) is 0 Å². The minimum atomic E-state index is -0.0381. The van der Waals surface area contributed by atoms with Crippen LogP contribution in [-0.4, -0.2) is 19.3 Å². The van der Waals surface area contributed by atoms with Crippen LogP contribution in [0.15, 0.2) is 15.2 Å². The predicted octanol–water partition coefficient (Wildman–Crippen LogP) is 4.90. The van der Waals surface area contributed by atoms with E-state index >= 15 is 0 Å². The summed E-state index contributed by atoms with van der Waals surface area (Å²) >= 11 is 5.44. The minimum absolute atomic E-state index is 0.0381. The van der Waals surface area contributed by atoms with Gasteiger partial charge in [0.25, 0.3) is 0 Å². The highest BCUT2D eigenvalue weighted by atomic mass is 79.9. The number of ether oxygens (including phenoxy) is 1. The molecule has 0 radical (unpaired) electrons. The normalized spacial score (nSPS) is 21.0. The van der Waals surface area contributed by atoms with Crippen molar-refractivity contribution in [1.29, 1.82) is 0 Å². The third kappa shape index (κ3) is 3.41. The number of rotatable bonds is 5. The van der Waals surface area contributed by atoms with Gasteiger partial charge >= 0.3 is 0 Å². The highest BCUT2D eigenvalue weighted by Gasteiger charge is 2.40. The summed E-state index contributed by atoms with van der Waals surface area (Å²) in [5, 5.41) is 7.93. The van der Waals surface area contributed by atoms with E-state index in [1.54, 1.807) is 11.3 Å². The van der Waals surface area contributed by atoms with Crippen molar-refractivity contribution in [1.82, 2.24) is 5.32 Å². The lowest BCUT2D eigenvalue weighted by Crippen LogP contribution is -2.45. The molecule has 19 heavy (non-hydrogen) atoms. The van der Waals surface area contributed by atoms with Gasteiger partial charge in [0.2, 0.25) is 0 Å². The van der Waals surface area contributed by atoms with Gasteiger partial charge in [0.15, 0.2) is 0 Å². The van der Waals surface area contributed by atoms with Crippen LogP contribution in [0.1, 0.15) is 57.1 Å². The molecule has 1 aromatic rings. The largest absolute Gasteiger partial charge is 0.373 e. The zero-order valence-electron chi connectivity index (χ0n) is 11.9. The first-order valence-electron chi connectivity index (χ1n) is 7.26. The van der Waals surface area contributed by atoms with Crippen LogP contribution < -0.4 is 5.32 Å². The first-order chi connectivity index (χ1) is 9.23. The second kappa shape index (κ2) is 7.21. The molecule has 1 saturated carbocycles. The van der Waals surface area contributed by atoms with Crippen molar-refractivity contribution in [2.75, 3.05) is 13.7 Å². The topological polar surface area (TPSA) is 21.3 Å². The SMILES string of the molecule is CCOC1(C(NC)c2cscc2Br)CCCCCC1. The molecule has 1 aliphatic rings. The Balaban J connectivity index is 2.31. The van der Waals surface area contributed by atoms with E-state index in [1.165, 1.54) is 35.7 Å². The monoisotopic (exact) mass is 345 g/mol. The molecule has 0 aromatic carbocycles. The Morgan fingerprint density at radius 3 is 2.47 bits per heavy atom. The maximum Gasteiger partial charge on any atom is 0.0876 e. The summed E-state index contributed by atoms with van der Waals surface area (Å²) in [6.45, 7) is 2.90. The van der Waals surface area contributed by atoms with E-state index in [1.807, 2.05) is 0 Å². The van der Waals surface area contributed by atoms with E-state index in [0.29, 0.717) is 0 Å². The molecular weight excluding hydrogens is 322 g/mol. The fourth-order valence-corrected chi connectivity index (χ4v) is 4.88. The molecule has 0 bridgehead atoms. The highest BCUT2D eigenvalue weighted by Crippen LogP contribution is 2.43. The van der Waals surface area contributed by atoms with Gasteiger partial charge in [0.1, 0.15) is 0 Å². The molecule has 0 aliphatic heterocycles. The Kier molecular flexibility index (Phi) is 5.87. The van der Waals surface area contributed by atoms with Crippen molar-refractivity contribution in [3.05, 3.63) is 20.8 Å². The third-order valence-corrected chi connectivity index (χ3v) is 5.90. The van der Waals surface area contributed by atoms with E-state index in [0.717, 1.165) is 19.4 Å². The zero-order chi connectivity index (χ0) is 13.7. The van der Waals surface area contributed by atoms with E-state index < -0.39 is 0 Å². The van der Waals surface area contributed by atoms with Gasteiger partial charge < -0.3 is 10.1 Å². The Morgan fingerprint density at radius 2 is 2.00 bits per heavy atom. The van der Waals surface area contributed by atoms with Crippen molar-refractivity contribution < 1.29 is 4.74 Å². The molecule has 0 amide bonds. The first kappa shape index (κ1) is 15.5. The number of hydrogen-bond acceptors (Lipinski definition) is 3. The second-order valence-corrected chi connectivity index (χ2v) is 6.91. The minimum Gasteiger partial charge on any atom is -0.373 e. The van der Waals surface area contributed by atoms with E-state index in [9.17, 15) is 0 Å². The molecule has 1 fully saturated rings. The molecule has 2 rings (SSSR count). The molecule has 0 spiro atoms. The van der Waals surface area contributed by atoms with E-state index in [2.05, 4.69) is 46.0 Å². The molecule has 1 aromatic heterocycles. The van der Waals surface area contributed by atoms with Gasteiger partial charge in [-0.3, -0.25) is 0 Å². The molecule has 1 N–H and O–H groups in total. The van der Waals surface area contributed by atoms with Crippen LogP contribution >= 0.6 is 27.3 Å². The van der Waals surface area contributed by atoms with Crippen LogP contribution in [0.25, 0.3) is 0 Å². The Hall–Kier alpha value is 0.100. The first-order valence-corrected chi connectivity index (χ1v) is 9.00. The third-order valence-electron chi connectivity index (χ3n) is 4.15. The van der Waals surface area contributed by atoms with Crippen molar-refractivity contribution >= 4 is 27.3 Å². The molecule has 1 unspecified atom stereocenters. The lowest BCUT2D eigenvalue weighted by molar-refractivity contribution is -0.0767. The van der Waals surface area contributed by atoms with Crippen LogP contribution in [0.5, 0.6) is 0 Å². The van der Waals surface area contributed by atoms with Crippen LogP contribution in [-0.2, 0) is 4.74 Å². The lowest BCUT2D eigenvalue weighted by Gasteiger charge is -2.40. The maximum absolute atomic E-state index is 6.30. The van der Waals surface area contributed by atoms with Gasteiger partial charge in [0.05, 0.1) is 11.6 Å². The molecular formula is C15H24BrNOS. The van der Waals surface area contributed by atoms with Crippen LogP contribution in [0.4, 0.5) is 0 Å². The summed E-state index contributed by atoms with van der Waals surface area (Å²) < 4.78 is 7.51. The van der Waals surface area contributed by atoms with Gasteiger partial charge in [-0.15, -0.1) is 0 Å². The average Bonchev–Trinajstić information content (AvgIpc) is 2.68. The zero-order valence-corrected chi connectivity index (χ0v) is 14.3. The Labute approximate surface area is 129 Å². The fourth-order valence-electron chi connectivity index (χ4n) is 3.33. The van der Waals surface area contributed by atoms with Crippen molar-refractivity contribution in [2.24, 2.45) is 0 Å². The smallest absolute Gasteiger partial charge is 0.0876 e. The lowest BCUT2D eigenvalue weighted by atomic mass is 9.83. The summed E-state index contributed by atoms with van der Waals surface area (Å²) in [6.07, 6.45) is 7.56. The van der Waals surface area contributed by atoms with Gasteiger partial charge in [-0.2, -0.15) is 11.3 Å². The van der Waals surface area contributed by atoms with E-state index in [-0.39, 0.29) is 11.6 Å².